The highest BCUT2D eigenvalue weighted by Crippen LogP contribution is 2.21. The number of hydrogen-bond acceptors (Lipinski definition) is 7. The maximum absolute atomic E-state index is 12.8. The van der Waals surface area contributed by atoms with E-state index in [1.54, 1.807) is 11.0 Å². The van der Waals surface area contributed by atoms with Crippen LogP contribution in [0.5, 0.6) is 0 Å². The molecule has 1 amide bonds. The molecule has 0 N–H and O–H groups in total. The Bertz CT molecular complexity index is 961. The molecule has 0 atom stereocenters. The number of rotatable bonds is 6. The SMILES string of the molecule is CCN(CC)c1ccc(N2CCN(C(=O)c3cc(-c4ccccc4)on3)CC2)nn1. The molecule has 3 heterocycles. The zero-order chi connectivity index (χ0) is 20.9. The summed E-state index contributed by atoms with van der Waals surface area (Å²) in [5.74, 6) is 2.22. The molecule has 0 unspecified atom stereocenters. The van der Waals surface area contributed by atoms with Gasteiger partial charge >= 0.3 is 0 Å². The van der Waals surface area contributed by atoms with E-state index in [2.05, 4.69) is 39.0 Å². The Morgan fingerprint density at radius 1 is 1.00 bits per heavy atom. The Hall–Kier alpha value is -3.42. The van der Waals surface area contributed by atoms with Crippen molar-refractivity contribution in [1.82, 2.24) is 20.3 Å². The predicted octanol–water partition coefficient (Wildman–Crippen LogP) is 2.94. The van der Waals surface area contributed by atoms with Crippen LogP contribution in [0, 0.1) is 0 Å². The van der Waals surface area contributed by atoms with E-state index < -0.39 is 0 Å². The van der Waals surface area contributed by atoms with Crippen LogP contribution in [0.15, 0.2) is 53.1 Å². The molecule has 156 valence electrons. The Labute approximate surface area is 176 Å². The van der Waals surface area contributed by atoms with Gasteiger partial charge in [-0.15, -0.1) is 10.2 Å². The summed E-state index contributed by atoms with van der Waals surface area (Å²) in [7, 11) is 0. The van der Waals surface area contributed by atoms with Crippen LogP contribution < -0.4 is 9.80 Å². The minimum Gasteiger partial charge on any atom is -0.356 e. The fourth-order valence-corrected chi connectivity index (χ4v) is 3.62. The third-order valence-electron chi connectivity index (χ3n) is 5.40. The van der Waals surface area contributed by atoms with Gasteiger partial charge in [0.05, 0.1) is 0 Å². The predicted molar refractivity (Wildman–Crippen MR) is 116 cm³/mol. The quantitative estimate of drug-likeness (QED) is 0.623. The van der Waals surface area contributed by atoms with Gasteiger partial charge in [-0.2, -0.15) is 0 Å². The molecular formula is C22H26N6O2. The van der Waals surface area contributed by atoms with Crippen molar-refractivity contribution in [2.24, 2.45) is 0 Å². The average Bonchev–Trinajstić information content (AvgIpc) is 3.31. The highest BCUT2D eigenvalue weighted by atomic mass is 16.5. The van der Waals surface area contributed by atoms with E-state index in [1.165, 1.54) is 0 Å². The minimum atomic E-state index is -0.108. The number of anilines is 2. The molecule has 1 aliphatic heterocycles. The van der Waals surface area contributed by atoms with Crippen molar-refractivity contribution in [1.29, 1.82) is 0 Å². The lowest BCUT2D eigenvalue weighted by Gasteiger charge is -2.34. The maximum atomic E-state index is 12.8. The molecule has 8 nitrogen and oxygen atoms in total. The zero-order valence-corrected chi connectivity index (χ0v) is 17.4. The van der Waals surface area contributed by atoms with Crippen molar-refractivity contribution < 1.29 is 9.32 Å². The highest BCUT2D eigenvalue weighted by molar-refractivity contribution is 5.93. The van der Waals surface area contributed by atoms with Crippen LogP contribution >= 0.6 is 0 Å². The Morgan fingerprint density at radius 2 is 1.73 bits per heavy atom. The first-order chi connectivity index (χ1) is 14.7. The molecule has 8 heteroatoms. The van der Waals surface area contributed by atoms with Crippen molar-refractivity contribution in [2.45, 2.75) is 13.8 Å². The molecule has 0 radical (unpaired) electrons. The number of aromatic nitrogens is 3. The average molecular weight is 406 g/mol. The molecule has 0 spiro atoms. The fraction of sp³-hybridized carbons (Fsp3) is 0.364. The van der Waals surface area contributed by atoms with Crippen molar-refractivity contribution in [2.75, 3.05) is 49.1 Å². The van der Waals surface area contributed by atoms with E-state index in [0.29, 0.717) is 37.6 Å². The molecule has 0 saturated carbocycles. The van der Waals surface area contributed by atoms with E-state index in [4.69, 9.17) is 4.52 Å². The maximum Gasteiger partial charge on any atom is 0.276 e. The van der Waals surface area contributed by atoms with Crippen LogP contribution in [0.1, 0.15) is 24.3 Å². The number of piperazine rings is 1. The van der Waals surface area contributed by atoms with Gasteiger partial charge in [0.2, 0.25) is 0 Å². The van der Waals surface area contributed by atoms with Gasteiger partial charge < -0.3 is 19.2 Å². The van der Waals surface area contributed by atoms with E-state index in [-0.39, 0.29) is 5.91 Å². The molecule has 4 rings (SSSR count). The first-order valence-electron chi connectivity index (χ1n) is 10.3. The van der Waals surface area contributed by atoms with Crippen LogP contribution in [-0.4, -0.2) is 65.4 Å². The highest BCUT2D eigenvalue weighted by Gasteiger charge is 2.25. The summed E-state index contributed by atoms with van der Waals surface area (Å²) < 4.78 is 5.37. The topological polar surface area (TPSA) is 78.6 Å². The van der Waals surface area contributed by atoms with Gasteiger partial charge in [-0.1, -0.05) is 35.5 Å². The van der Waals surface area contributed by atoms with Crippen LogP contribution in [0.3, 0.4) is 0 Å². The molecule has 2 aromatic heterocycles. The number of benzene rings is 1. The van der Waals surface area contributed by atoms with E-state index in [9.17, 15) is 4.79 Å². The normalized spacial score (nSPS) is 14.1. The molecule has 1 saturated heterocycles. The smallest absolute Gasteiger partial charge is 0.276 e. The standard InChI is InChI=1S/C22H26N6O2/c1-3-26(4-2)20-10-11-21(24-23-20)27-12-14-28(15-13-27)22(29)18-16-19(30-25-18)17-8-6-5-7-9-17/h5-11,16H,3-4,12-15H2,1-2H3. The van der Waals surface area contributed by atoms with Gasteiger partial charge in [-0.05, 0) is 26.0 Å². The minimum absolute atomic E-state index is 0.108. The first-order valence-corrected chi connectivity index (χ1v) is 10.3. The third-order valence-corrected chi connectivity index (χ3v) is 5.40. The molecule has 0 bridgehead atoms. The van der Waals surface area contributed by atoms with E-state index >= 15 is 0 Å². The summed E-state index contributed by atoms with van der Waals surface area (Å²) >= 11 is 0. The lowest BCUT2D eigenvalue weighted by Crippen LogP contribution is -2.49. The first kappa shape index (κ1) is 19.9. The van der Waals surface area contributed by atoms with Gasteiger partial charge in [0.15, 0.2) is 23.1 Å². The number of nitrogens with zero attached hydrogens (tertiary/aromatic N) is 6. The van der Waals surface area contributed by atoms with E-state index in [1.807, 2.05) is 42.5 Å². The summed E-state index contributed by atoms with van der Waals surface area (Å²) in [6.07, 6.45) is 0. The molecule has 1 aliphatic rings. The summed E-state index contributed by atoms with van der Waals surface area (Å²) in [4.78, 5) is 18.9. The van der Waals surface area contributed by atoms with Gasteiger partial charge in [0.1, 0.15) is 0 Å². The monoisotopic (exact) mass is 406 g/mol. The van der Waals surface area contributed by atoms with Crippen molar-refractivity contribution in [3.8, 4) is 11.3 Å². The second kappa shape index (κ2) is 8.94. The summed E-state index contributed by atoms with van der Waals surface area (Å²) in [5.41, 5.74) is 1.24. The molecule has 1 aromatic carbocycles. The van der Waals surface area contributed by atoms with Crippen molar-refractivity contribution >= 4 is 17.5 Å². The summed E-state index contributed by atoms with van der Waals surface area (Å²) in [6, 6.07) is 15.4. The van der Waals surface area contributed by atoms with E-state index in [0.717, 1.165) is 30.3 Å². The third kappa shape index (κ3) is 4.12. The number of carbonyl (C=O) groups is 1. The van der Waals surface area contributed by atoms with Gasteiger partial charge in [-0.25, -0.2) is 0 Å². The second-order valence-electron chi connectivity index (χ2n) is 7.14. The number of hydrogen-bond donors (Lipinski definition) is 0. The number of amides is 1. The van der Waals surface area contributed by atoms with Crippen LogP contribution in [-0.2, 0) is 0 Å². The van der Waals surface area contributed by atoms with Gasteiger partial charge in [0.25, 0.3) is 5.91 Å². The molecule has 3 aromatic rings. The zero-order valence-electron chi connectivity index (χ0n) is 17.4. The molecular weight excluding hydrogens is 380 g/mol. The van der Waals surface area contributed by atoms with Crippen LogP contribution in [0.4, 0.5) is 11.6 Å². The summed E-state index contributed by atoms with van der Waals surface area (Å²) in [5, 5.41) is 12.7. The summed E-state index contributed by atoms with van der Waals surface area (Å²) in [6.45, 7) is 8.62. The lowest BCUT2D eigenvalue weighted by atomic mass is 10.1. The van der Waals surface area contributed by atoms with Gasteiger partial charge in [0, 0.05) is 50.9 Å². The largest absolute Gasteiger partial charge is 0.356 e. The van der Waals surface area contributed by atoms with Gasteiger partial charge in [-0.3, -0.25) is 4.79 Å². The Balaban J connectivity index is 1.36. The van der Waals surface area contributed by atoms with Crippen molar-refractivity contribution in [3.05, 3.63) is 54.2 Å². The molecule has 30 heavy (non-hydrogen) atoms. The number of carbonyl (C=O) groups excluding carboxylic acids is 1. The fourth-order valence-electron chi connectivity index (χ4n) is 3.62. The van der Waals surface area contributed by atoms with Crippen LogP contribution in [0.25, 0.3) is 11.3 Å². The Morgan fingerprint density at radius 3 is 2.37 bits per heavy atom. The molecule has 0 aliphatic carbocycles. The van der Waals surface area contributed by atoms with Crippen LogP contribution in [0.2, 0.25) is 0 Å². The lowest BCUT2D eigenvalue weighted by molar-refractivity contribution is 0.0736. The molecule has 1 fully saturated rings. The van der Waals surface area contributed by atoms with Crippen molar-refractivity contribution in [3.63, 3.8) is 0 Å². The Kier molecular flexibility index (Phi) is 5.92. The second-order valence-corrected chi connectivity index (χ2v) is 7.14.